The molecule has 4 heteroatoms. The van der Waals surface area contributed by atoms with Gasteiger partial charge in [-0.25, -0.2) is 0 Å². The summed E-state index contributed by atoms with van der Waals surface area (Å²) < 4.78 is 11.9. The fraction of sp³-hybridized carbons (Fsp3) is 0.647. The van der Waals surface area contributed by atoms with Crippen molar-refractivity contribution in [3.05, 3.63) is 35.0 Å². The van der Waals surface area contributed by atoms with Gasteiger partial charge in [0.25, 0.3) is 0 Å². The predicted octanol–water partition coefficient (Wildman–Crippen LogP) is 3.32. The van der Waals surface area contributed by atoms with Gasteiger partial charge in [-0.3, -0.25) is 4.90 Å². The highest BCUT2D eigenvalue weighted by molar-refractivity contribution is 7.09. The van der Waals surface area contributed by atoms with Gasteiger partial charge in [-0.05, 0) is 30.7 Å². The minimum absolute atomic E-state index is 0.177. The van der Waals surface area contributed by atoms with Gasteiger partial charge >= 0.3 is 0 Å². The van der Waals surface area contributed by atoms with Crippen molar-refractivity contribution in [3.63, 3.8) is 0 Å². The molecule has 2 atom stereocenters. The number of rotatable bonds is 6. The number of hydrogen-bond donors (Lipinski definition) is 0. The molecule has 0 radical (unpaired) electrons. The van der Waals surface area contributed by atoms with E-state index in [1.165, 1.54) is 11.3 Å². The lowest BCUT2D eigenvalue weighted by Crippen LogP contribution is -2.56. The first-order chi connectivity index (χ1) is 10.3. The topological polar surface area (TPSA) is 21.7 Å². The van der Waals surface area contributed by atoms with Crippen molar-refractivity contribution in [1.82, 2.24) is 4.90 Å². The van der Waals surface area contributed by atoms with Gasteiger partial charge < -0.3 is 9.47 Å². The molecule has 0 N–H and O–H groups in total. The standard InChI is InChI=1S/C17H25NO2S/c1-2-9-19-14-17-7-4-10-20-16(17)6-8-18(13-17)12-15-5-3-11-21-15/h2-3,5,11,16H,1,4,6-10,12-14H2/t16-,17-/m0/s1. The molecule has 0 aliphatic carbocycles. The normalized spacial score (nSPS) is 30.0. The van der Waals surface area contributed by atoms with E-state index in [2.05, 4.69) is 29.0 Å². The molecule has 21 heavy (non-hydrogen) atoms. The van der Waals surface area contributed by atoms with Crippen LogP contribution in [0.15, 0.2) is 30.2 Å². The lowest BCUT2D eigenvalue weighted by Gasteiger charge is -2.50. The number of fused-ring (bicyclic) bond motifs is 1. The van der Waals surface area contributed by atoms with Crippen molar-refractivity contribution in [2.24, 2.45) is 5.41 Å². The maximum atomic E-state index is 6.07. The van der Waals surface area contributed by atoms with E-state index in [1.807, 2.05) is 17.4 Å². The van der Waals surface area contributed by atoms with Crippen molar-refractivity contribution < 1.29 is 9.47 Å². The summed E-state index contributed by atoms with van der Waals surface area (Å²) >= 11 is 1.85. The molecule has 2 fully saturated rings. The third-order valence-corrected chi connectivity index (χ3v) is 5.51. The summed E-state index contributed by atoms with van der Waals surface area (Å²) in [6.07, 6.45) is 5.71. The molecule has 3 nitrogen and oxygen atoms in total. The van der Waals surface area contributed by atoms with Gasteiger partial charge in [-0.1, -0.05) is 12.1 Å². The van der Waals surface area contributed by atoms with Crippen molar-refractivity contribution >= 4 is 11.3 Å². The first-order valence-corrected chi connectivity index (χ1v) is 8.75. The molecule has 0 unspecified atom stereocenters. The van der Waals surface area contributed by atoms with Crippen LogP contribution in [0.2, 0.25) is 0 Å². The van der Waals surface area contributed by atoms with Crippen molar-refractivity contribution in [3.8, 4) is 0 Å². The monoisotopic (exact) mass is 307 g/mol. The van der Waals surface area contributed by atoms with Crippen LogP contribution in [0.3, 0.4) is 0 Å². The number of hydrogen-bond acceptors (Lipinski definition) is 4. The fourth-order valence-corrected chi connectivity index (χ4v) is 4.44. The van der Waals surface area contributed by atoms with Crippen molar-refractivity contribution in [2.75, 3.05) is 32.9 Å². The summed E-state index contributed by atoms with van der Waals surface area (Å²) in [7, 11) is 0. The van der Waals surface area contributed by atoms with Crippen LogP contribution in [0, 0.1) is 5.41 Å². The zero-order valence-electron chi connectivity index (χ0n) is 12.6. The Balaban J connectivity index is 1.66. The molecular weight excluding hydrogens is 282 g/mol. The largest absolute Gasteiger partial charge is 0.377 e. The van der Waals surface area contributed by atoms with Crippen LogP contribution < -0.4 is 0 Å². The number of piperidine rings is 1. The van der Waals surface area contributed by atoms with Crippen LogP contribution in [-0.4, -0.2) is 43.9 Å². The van der Waals surface area contributed by atoms with Crippen LogP contribution in [0.4, 0.5) is 0 Å². The van der Waals surface area contributed by atoms with E-state index in [-0.39, 0.29) is 5.41 Å². The molecule has 0 bridgehead atoms. The van der Waals surface area contributed by atoms with E-state index in [0.29, 0.717) is 12.7 Å². The Morgan fingerprint density at radius 2 is 2.52 bits per heavy atom. The van der Waals surface area contributed by atoms with Gasteiger partial charge in [0.05, 0.1) is 19.3 Å². The van der Waals surface area contributed by atoms with Crippen LogP contribution in [-0.2, 0) is 16.0 Å². The Morgan fingerprint density at radius 1 is 1.57 bits per heavy atom. The van der Waals surface area contributed by atoms with Gasteiger partial charge in [0, 0.05) is 36.5 Å². The summed E-state index contributed by atoms with van der Waals surface area (Å²) in [5.74, 6) is 0. The van der Waals surface area contributed by atoms with E-state index in [4.69, 9.17) is 9.47 Å². The SMILES string of the molecule is C=CCOC[C@@]12CCCO[C@H]1CCN(Cc1cccs1)C2. The Bertz CT molecular complexity index is 448. The molecule has 1 aromatic heterocycles. The lowest BCUT2D eigenvalue weighted by atomic mass is 9.73. The highest BCUT2D eigenvalue weighted by Gasteiger charge is 2.46. The van der Waals surface area contributed by atoms with E-state index in [0.717, 1.165) is 45.7 Å². The average Bonchev–Trinajstić information content (AvgIpc) is 3.00. The average molecular weight is 307 g/mol. The quantitative estimate of drug-likeness (QED) is 0.594. The predicted molar refractivity (Wildman–Crippen MR) is 86.6 cm³/mol. The Kier molecular flexibility index (Phi) is 5.11. The first kappa shape index (κ1) is 15.2. The van der Waals surface area contributed by atoms with Crippen LogP contribution >= 0.6 is 11.3 Å². The highest BCUT2D eigenvalue weighted by atomic mass is 32.1. The Hall–Kier alpha value is -0.680. The van der Waals surface area contributed by atoms with Crippen LogP contribution in [0.25, 0.3) is 0 Å². The smallest absolute Gasteiger partial charge is 0.0677 e. The molecule has 3 heterocycles. The number of ether oxygens (including phenoxy) is 2. The van der Waals surface area contributed by atoms with Crippen molar-refractivity contribution in [2.45, 2.75) is 31.9 Å². The molecule has 116 valence electrons. The molecule has 0 amide bonds. The maximum absolute atomic E-state index is 6.07. The summed E-state index contributed by atoms with van der Waals surface area (Å²) in [4.78, 5) is 4.03. The zero-order chi connectivity index (χ0) is 14.5. The van der Waals surface area contributed by atoms with Gasteiger partial charge in [-0.15, -0.1) is 17.9 Å². The van der Waals surface area contributed by atoms with E-state index < -0.39 is 0 Å². The van der Waals surface area contributed by atoms with Gasteiger partial charge in [-0.2, -0.15) is 0 Å². The van der Waals surface area contributed by atoms with Crippen LogP contribution in [0.5, 0.6) is 0 Å². The fourth-order valence-electron chi connectivity index (χ4n) is 3.70. The second kappa shape index (κ2) is 7.05. The zero-order valence-corrected chi connectivity index (χ0v) is 13.4. The molecule has 3 rings (SSSR count). The minimum atomic E-state index is 0.177. The number of thiophene rings is 1. The van der Waals surface area contributed by atoms with E-state index in [1.54, 1.807) is 0 Å². The molecule has 2 aliphatic heterocycles. The van der Waals surface area contributed by atoms with Gasteiger partial charge in [0.1, 0.15) is 0 Å². The summed E-state index contributed by atoms with van der Waals surface area (Å²) in [5.41, 5.74) is 0.177. The lowest BCUT2D eigenvalue weighted by molar-refractivity contribution is -0.151. The van der Waals surface area contributed by atoms with E-state index in [9.17, 15) is 0 Å². The second-order valence-corrected chi connectivity index (χ2v) is 7.24. The maximum Gasteiger partial charge on any atom is 0.0677 e. The molecule has 2 saturated heterocycles. The molecular formula is C17H25NO2S. The molecule has 0 aromatic carbocycles. The second-order valence-electron chi connectivity index (χ2n) is 6.21. The van der Waals surface area contributed by atoms with Crippen LogP contribution in [0.1, 0.15) is 24.1 Å². The molecule has 0 spiro atoms. The molecule has 1 aromatic rings. The molecule has 0 saturated carbocycles. The van der Waals surface area contributed by atoms with E-state index >= 15 is 0 Å². The Morgan fingerprint density at radius 3 is 3.33 bits per heavy atom. The third-order valence-electron chi connectivity index (χ3n) is 4.65. The minimum Gasteiger partial charge on any atom is -0.377 e. The highest BCUT2D eigenvalue weighted by Crippen LogP contribution is 2.40. The molecule has 2 aliphatic rings. The number of likely N-dealkylation sites (tertiary alicyclic amines) is 1. The number of nitrogens with zero attached hydrogens (tertiary/aromatic N) is 1. The third kappa shape index (κ3) is 3.57. The summed E-state index contributed by atoms with van der Waals surface area (Å²) in [5, 5.41) is 2.16. The Labute approximate surface area is 131 Å². The van der Waals surface area contributed by atoms with Gasteiger partial charge in [0.2, 0.25) is 0 Å². The first-order valence-electron chi connectivity index (χ1n) is 7.87. The van der Waals surface area contributed by atoms with Gasteiger partial charge in [0.15, 0.2) is 0 Å². The van der Waals surface area contributed by atoms with Crippen molar-refractivity contribution in [1.29, 1.82) is 0 Å². The summed E-state index contributed by atoms with van der Waals surface area (Å²) in [6, 6.07) is 4.37. The summed E-state index contributed by atoms with van der Waals surface area (Å²) in [6.45, 7) is 9.38.